The van der Waals surface area contributed by atoms with Crippen molar-refractivity contribution in [3.8, 4) is 0 Å². The summed E-state index contributed by atoms with van der Waals surface area (Å²) in [5.74, 6) is 0. The van der Waals surface area contributed by atoms with Crippen LogP contribution in [0.15, 0.2) is 30.5 Å². The van der Waals surface area contributed by atoms with Crippen molar-refractivity contribution >= 4 is 22.3 Å². The Morgan fingerprint density at radius 1 is 1.29 bits per heavy atom. The quantitative estimate of drug-likeness (QED) is 0.482. The van der Waals surface area contributed by atoms with Gasteiger partial charge in [0.05, 0.1) is 16.0 Å². The zero-order valence-electron chi connectivity index (χ0n) is 12.4. The minimum absolute atomic E-state index is 0.0938. The average molecular weight is 288 g/mol. The highest BCUT2D eigenvalue weighted by Gasteiger charge is 2.14. The van der Waals surface area contributed by atoms with Crippen molar-refractivity contribution in [1.29, 1.82) is 0 Å². The molecule has 0 atom stereocenters. The van der Waals surface area contributed by atoms with Crippen molar-refractivity contribution in [1.82, 2.24) is 9.88 Å². The van der Waals surface area contributed by atoms with Gasteiger partial charge < -0.3 is 10.2 Å². The molecule has 2 rings (SSSR count). The van der Waals surface area contributed by atoms with Gasteiger partial charge in [0.15, 0.2) is 0 Å². The van der Waals surface area contributed by atoms with Gasteiger partial charge in [-0.15, -0.1) is 0 Å². The van der Waals surface area contributed by atoms with Crippen LogP contribution in [0.3, 0.4) is 0 Å². The summed E-state index contributed by atoms with van der Waals surface area (Å²) in [6.45, 7) is 1.89. The number of non-ortho nitro benzene ring substituents is 1. The second-order valence-electron chi connectivity index (χ2n) is 5.23. The molecule has 112 valence electrons. The second-order valence-corrected chi connectivity index (χ2v) is 5.23. The number of rotatable bonds is 7. The number of nitrogens with zero attached hydrogens (tertiary/aromatic N) is 3. The van der Waals surface area contributed by atoms with Crippen LogP contribution in [0.25, 0.3) is 10.9 Å². The SMILES string of the molecule is CN(C)CCCCNc1ccc([N+](=O)[O-])c2cccnc12. The van der Waals surface area contributed by atoms with Crippen molar-refractivity contribution in [2.75, 3.05) is 32.5 Å². The first-order valence-electron chi connectivity index (χ1n) is 7.00. The van der Waals surface area contributed by atoms with Gasteiger partial charge in [0.25, 0.3) is 5.69 Å². The van der Waals surface area contributed by atoms with Crippen LogP contribution < -0.4 is 5.32 Å². The van der Waals surface area contributed by atoms with Gasteiger partial charge >= 0.3 is 0 Å². The summed E-state index contributed by atoms with van der Waals surface area (Å²) in [5, 5.41) is 14.9. The minimum atomic E-state index is -0.370. The van der Waals surface area contributed by atoms with Crippen LogP contribution >= 0.6 is 0 Å². The maximum Gasteiger partial charge on any atom is 0.278 e. The molecule has 0 spiro atoms. The summed E-state index contributed by atoms with van der Waals surface area (Å²) in [4.78, 5) is 17.1. The molecule has 2 aromatic rings. The molecule has 0 aliphatic heterocycles. The van der Waals surface area contributed by atoms with Crippen LogP contribution in [0.1, 0.15) is 12.8 Å². The maximum absolute atomic E-state index is 11.0. The summed E-state index contributed by atoms with van der Waals surface area (Å²) >= 11 is 0. The molecule has 0 saturated carbocycles. The van der Waals surface area contributed by atoms with E-state index in [2.05, 4.69) is 29.3 Å². The standard InChI is InChI=1S/C15H20N4O2/c1-18(2)11-4-3-9-16-13-7-8-14(19(20)21)12-6-5-10-17-15(12)13/h5-8,10,16H,3-4,9,11H2,1-2H3. The number of nitrogens with one attached hydrogen (secondary N) is 1. The van der Waals surface area contributed by atoms with Gasteiger partial charge in [-0.2, -0.15) is 0 Å². The molecule has 0 amide bonds. The third-order valence-corrected chi connectivity index (χ3v) is 3.29. The van der Waals surface area contributed by atoms with Crippen molar-refractivity contribution in [3.63, 3.8) is 0 Å². The zero-order valence-corrected chi connectivity index (χ0v) is 12.4. The number of fused-ring (bicyclic) bond motifs is 1. The number of nitro groups is 1. The van der Waals surface area contributed by atoms with Crippen LogP contribution in [0.5, 0.6) is 0 Å². The predicted molar refractivity (Wildman–Crippen MR) is 84.7 cm³/mol. The second kappa shape index (κ2) is 6.99. The molecule has 0 fully saturated rings. The third-order valence-electron chi connectivity index (χ3n) is 3.29. The van der Waals surface area contributed by atoms with Gasteiger partial charge in [-0.05, 0) is 51.7 Å². The Bertz CT molecular complexity index is 628. The molecule has 0 saturated heterocycles. The van der Waals surface area contributed by atoms with Crippen molar-refractivity contribution in [2.24, 2.45) is 0 Å². The number of unbranched alkanes of at least 4 members (excludes halogenated alkanes) is 1. The van der Waals surface area contributed by atoms with Gasteiger partial charge in [-0.1, -0.05) is 0 Å². The van der Waals surface area contributed by atoms with Crippen molar-refractivity contribution < 1.29 is 4.92 Å². The van der Waals surface area contributed by atoms with Gasteiger partial charge in [0.1, 0.15) is 5.52 Å². The Morgan fingerprint density at radius 3 is 2.81 bits per heavy atom. The molecular weight excluding hydrogens is 268 g/mol. The lowest BCUT2D eigenvalue weighted by Crippen LogP contribution is -2.14. The smallest absolute Gasteiger partial charge is 0.278 e. The fraction of sp³-hybridized carbons (Fsp3) is 0.400. The lowest BCUT2D eigenvalue weighted by atomic mass is 10.1. The summed E-state index contributed by atoms with van der Waals surface area (Å²) in [7, 11) is 4.11. The fourth-order valence-electron chi connectivity index (χ4n) is 2.24. The molecule has 1 aromatic heterocycles. The summed E-state index contributed by atoms with van der Waals surface area (Å²) in [5.41, 5.74) is 1.59. The molecule has 21 heavy (non-hydrogen) atoms. The summed E-state index contributed by atoms with van der Waals surface area (Å²) < 4.78 is 0. The molecule has 1 aromatic carbocycles. The van der Waals surface area contributed by atoms with Crippen LogP contribution in [0.4, 0.5) is 11.4 Å². The maximum atomic E-state index is 11.0. The first kappa shape index (κ1) is 15.2. The van der Waals surface area contributed by atoms with E-state index in [0.717, 1.165) is 31.6 Å². The highest BCUT2D eigenvalue weighted by atomic mass is 16.6. The van der Waals surface area contributed by atoms with E-state index < -0.39 is 0 Å². The molecule has 1 heterocycles. The monoisotopic (exact) mass is 288 g/mol. The van der Waals surface area contributed by atoms with Crippen LogP contribution in [0, 0.1) is 10.1 Å². The number of nitro benzene ring substituents is 1. The molecule has 0 unspecified atom stereocenters. The Hall–Kier alpha value is -2.21. The van der Waals surface area contributed by atoms with Gasteiger partial charge in [-0.3, -0.25) is 15.1 Å². The van der Waals surface area contributed by atoms with Gasteiger partial charge in [0, 0.05) is 18.8 Å². The van der Waals surface area contributed by atoms with Crippen molar-refractivity contribution in [3.05, 3.63) is 40.6 Å². The Kier molecular flexibility index (Phi) is 5.05. The highest BCUT2D eigenvalue weighted by Crippen LogP contribution is 2.29. The largest absolute Gasteiger partial charge is 0.383 e. The van der Waals surface area contributed by atoms with E-state index in [1.807, 2.05) is 0 Å². The van der Waals surface area contributed by atoms with Crippen LogP contribution in [0.2, 0.25) is 0 Å². The molecular formula is C15H20N4O2. The third kappa shape index (κ3) is 3.88. The number of benzene rings is 1. The molecule has 0 radical (unpaired) electrons. The number of hydrogen-bond acceptors (Lipinski definition) is 5. The van der Waals surface area contributed by atoms with E-state index in [-0.39, 0.29) is 10.6 Å². The van der Waals surface area contributed by atoms with Crippen LogP contribution in [-0.4, -0.2) is 42.0 Å². The van der Waals surface area contributed by atoms with E-state index in [0.29, 0.717) is 10.9 Å². The first-order chi connectivity index (χ1) is 10.1. The zero-order chi connectivity index (χ0) is 15.2. The number of hydrogen-bond donors (Lipinski definition) is 1. The van der Waals surface area contributed by atoms with E-state index in [4.69, 9.17) is 0 Å². The molecule has 1 N–H and O–H groups in total. The topological polar surface area (TPSA) is 71.3 Å². The van der Waals surface area contributed by atoms with E-state index in [1.54, 1.807) is 24.4 Å². The highest BCUT2D eigenvalue weighted by molar-refractivity contribution is 5.96. The summed E-state index contributed by atoms with van der Waals surface area (Å²) in [6, 6.07) is 6.72. The number of aromatic nitrogens is 1. The van der Waals surface area contributed by atoms with Gasteiger partial charge in [0.2, 0.25) is 0 Å². The van der Waals surface area contributed by atoms with Crippen molar-refractivity contribution in [2.45, 2.75) is 12.8 Å². The fourth-order valence-corrected chi connectivity index (χ4v) is 2.24. The molecule has 6 nitrogen and oxygen atoms in total. The Labute approximate surface area is 123 Å². The normalized spacial score (nSPS) is 11.0. The minimum Gasteiger partial charge on any atom is -0.383 e. The lowest BCUT2D eigenvalue weighted by molar-refractivity contribution is -0.383. The predicted octanol–water partition coefficient (Wildman–Crippen LogP) is 2.90. The Morgan fingerprint density at radius 2 is 2.10 bits per heavy atom. The van der Waals surface area contributed by atoms with Crippen LogP contribution in [-0.2, 0) is 0 Å². The number of pyridine rings is 1. The number of anilines is 1. The Balaban J connectivity index is 2.11. The van der Waals surface area contributed by atoms with E-state index in [9.17, 15) is 10.1 Å². The molecule has 6 heteroatoms. The molecule has 0 aliphatic rings. The van der Waals surface area contributed by atoms with Gasteiger partial charge in [-0.25, -0.2) is 0 Å². The molecule has 0 aliphatic carbocycles. The lowest BCUT2D eigenvalue weighted by Gasteiger charge is -2.11. The first-order valence-corrected chi connectivity index (χ1v) is 7.00. The van der Waals surface area contributed by atoms with E-state index in [1.165, 1.54) is 6.07 Å². The molecule has 0 bridgehead atoms. The average Bonchev–Trinajstić information content (AvgIpc) is 2.46. The summed E-state index contributed by atoms with van der Waals surface area (Å²) in [6.07, 6.45) is 3.81. The van der Waals surface area contributed by atoms with E-state index >= 15 is 0 Å².